The zero-order valence-corrected chi connectivity index (χ0v) is 12.1. The van der Waals surface area contributed by atoms with Gasteiger partial charge in [-0.1, -0.05) is 19.1 Å². The summed E-state index contributed by atoms with van der Waals surface area (Å²) < 4.78 is 12.1. The van der Waals surface area contributed by atoms with Crippen molar-refractivity contribution >= 4 is 16.5 Å². The molecule has 0 radical (unpaired) electrons. The van der Waals surface area contributed by atoms with Gasteiger partial charge >= 0.3 is 0 Å². The molecule has 0 spiro atoms. The molecule has 19 heavy (non-hydrogen) atoms. The van der Waals surface area contributed by atoms with Gasteiger partial charge in [0.2, 0.25) is 0 Å². The highest BCUT2D eigenvalue weighted by Gasteiger charge is 2.17. The Hall–Kier alpha value is -1.27. The van der Waals surface area contributed by atoms with Gasteiger partial charge in [0, 0.05) is 17.9 Å². The van der Waals surface area contributed by atoms with Crippen LogP contribution in [0, 0.1) is 10.1 Å². The molecule has 1 aromatic carbocycles. The van der Waals surface area contributed by atoms with Crippen LogP contribution < -0.4 is 5.32 Å². The molecule has 2 atom stereocenters. The van der Waals surface area contributed by atoms with Crippen LogP contribution in [0.3, 0.4) is 0 Å². The predicted octanol–water partition coefficient (Wildman–Crippen LogP) is 2.48. The highest BCUT2D eigenvalue weighted by atomic mass is 32.2. The van der Waals surface area contributed by atoms with Crippen molar-refractivity contribution in [2.45, 2.75) is 37.1 Å². The van der Waals surface area contributed by atoms with Crippen LogP contribution in [-0.2, 0) is 10.8 Å². The van der Waals surface area contributed by atoms with Crippen molar-refractivity contribution in [1.29, 1.82) is 0 Å². The third kappa shape index (κ3) is 4.72. The van der Waals surface area contributed by atoms with Crippen LogP contribution in [0.25, 0.3) is 0 Å². The molecule has 0 heterocycles. The number of nitro groups is 1. The minimum Gasteiger partial charge on any atom is -0.317 e. The summed E-state index contributed by atoms with van der Waals surface area (Å²) in [4.78, 5) is 10.7. The average Bonchev–Trinajstić information content (AvgIpc) is 2.43. The SMILES string of the molecule is CCC(CCCS(=O)c1ccccc1[N+](=O)[O-])NC. The van der Waals surface area contributed by atoms with Crippen molar-refractivity contribution in [3.63, 3.8) is 0 Å². The van der Waals surface area contributed by atoms with Crippen LogP contribution in [0.15, 0.2) is 29.2 Å². The summed E-state index contributed by atoms with van der Waals surface area (Å²) in [6.45, 7) is 2.10. The Morgan fingerprint density at radius 1 is 1.42 bits per heavy atom. The van der Waals surface area contributed by atoms with Crippen LogP contribution in [0.5, 0.6) is 0 Å². The molecule has 0 aromatic heterocycles. The third-order valence-corrected chi connectivity index (χ3v) is 4.59. The highest BCUT2D eigenvalue weighted by molar-refractivity contribution is 7.85. The van der Waals surface area contributed by atoms with E-state index in [0.29, 0.717) is 16.7 Å². The first-order chi connectivity index (χ1) is 9.10. The Labute approximate surface area is 116 Å². The summed E-state index contributed by atoms with van der Waals surface area (Å²) in [5.41, 5.74) is -0.0542. The monoisotopic (exact) mass is 284 g/mol. The molecule has 0 fully saturated rings. The van der Waals surface area contributed by atoms with E-state index in [1.165, 1.54) is 6.07 Å². The second kappa shape index (κ2) is 8.01. The molecule has 0 saturated carbocycles. The molecule has 6 heteroatoms. The largest absolute Gasteiger partial charge is 0.317 e. The maximum atomic E-state index is 12.1. The number of nitrogens with zero attached hydrogens (tertiary/aromatic N) is 1. The van der Waals surface area contributed by atoms with E-state index in [0.717, 1.165) is 19.3 Å². The van der Waals surface area contributed by atoms with Crippen molar-refractivity contribution in [2.75, 3.05) is 12.8 Å². The third-order valence-electron chi connectivity index (χ3n) is 3.09. The van der Waals surface area contributed by atoms with E-state index in [1.54, 1.807) is 18.2 Å². The van der Waals surface area contributed by atoms with Gasteiger partial charge in [0.15, 0.2) is 0 Å². The Balaban J connectivity index is 2.61. The number of rotatable bonds is 8. The summed E-state index contributed by atoms with van der Waals surface area (Å²) in [7, 11) is 0.605. The van der Waals surface area contributed by atoms with Gasteiger partial charge in [-0.05, 0) is 32.4 Å². The fraction of sp³-hybridized carbons (Fsp3) is 0.538. The van der Waals surface area contributed by atoms with E-state index >= 15 is 0 Å². The number of benzene rings is 1. The van der Waals surface area contributed by atoms with Crippen molar-refractivity contribution in [2.24, 2.45) is 0 Å². The number of nitro benzene ring substituents is 1. The van der Waals surface area contributed by atoms with Crippen molar-refractivity contribution < 1.29 is 9.13 Å². The lowest BCUT2D eigenvalue weighted by Crippen LogP contribution is -2.24. The number of hydrogen-bond acceptors (Lipinski definition) is 4. The van der Waals surface area contributed by atoms with Crippen LogP contribution in [0.4, 0.5) is 5.69 Å². The minimum atomic E-state index is -1.31. The fourth-order valence-electron chi connectivity index (χ4n) is 1.92. The molecule has 1 N–H and O–H groups in total. The van der Waals surface area contributed by atoms with Crippen molar-refractivity contribution in [1.82, 2.24) is 5.32 Å². The predicted molar refractivity (Wildman–Crippen MR) is 76.7 cm³/mol. The van der Waals surface area contributed by atoms with Crippen molar-refractivity contribution in [3.8, 4) is 0 Å². The van der Waals surface area contributed by atoms with E-state index < -0.39 is 15.7 Å². The molecule has 106 valence electrons. The molecule has 0 aliphatic carbocycles. The van der Waals surface area contributed by atoms with E-state index in [1.807, 2.05) is 7.05 Å². The van der Waals surface area contributed by atoms with E-state index in [2.05, 4.69) is 12.2 Å². The maximum absolute atomic E-state index is 12.1. The van der Waals surface area contributed by atoms with Crippen LogP contribution in [-0.4, -0.2) is 28.0 Å². The smallest absolute Gasteiger partial charge is 0.285 e. The molecule has 5 nitrogen and oxygen atoms in total. The van der Waals surface area contributed by atoms with E-state index in [9.17, 15) is 14.3 Å². The molecule has 2 unspecified atom stereocenters. The highest BCUT2D eigenvalue weighted by Crippen LogP contribution is 2.22. The number of para-hydroxylation sites is 1. The molecule has 0 saturated heterocycles. The zero-order valence-electron chi connectivity index (χ0n) is 11.3. The first kappa shape index (κ1) is 15.8. The van der Waals surface area contributed by atoms with Gasteiger partial charge in [-0.25, -0.2) is 0 Å². The van der Waals surface area contributed by atoms with Gasteiger partial charge in [0.25, 0.3) is 5.69 Å². The molecule has 1 rings (SSSR count). The molecule has 0 aliphatic rings. The Morgan fingerprint density at radius 3 is 2.68 bits per heavy atom. The molecule has 1 aromatic rings. The van der Waals surface area contributed by atoms with Gasteiger partial charge in [0.1, 0.15) is 4.90 Å². The zero-order chi connectivity index (χ0) is 14.3. The van der Waals surface area contributed by atoms with Crippen LogP contribution >= 0.6 is 0 Å². The first-order valence-electron chi connectivity index (χ1n) is 6.39. The lowest BCUT2D eigenvalue weighted by molar-refractivity contribution is -0.387. The Kier molecular flexibility index (Phi) is 6.66. The average molecular weight is 284 g/mol. The van der Waals surface area contributed by atoms with Crippen LogP contribution in [0.2, 0.25) is 0 Å². The summed E-state index contributed by atoms with van der Waals surface area (Å²) in [5.74, 6) is 0.461. The molecular formula is C13H20N2O3S. The number of nitrogens with one attached hydrogen (secondary N) is 1. The minimum absolute atomic E-state index is 0.0542. The summed E-state index contributed by atoms with van der Waals surface area (Å²) in [5, 5.41) is 14.0. The van der Waals surface area contributed by atoms with Gasteiger partial charge in [-0.3, -0.25) is 14.3 Å². The maximum Gasteiger partial charge on any atom is 0.285 e. The normalized spacial score (nSPS) is 14.0. The second-order valence-electron chi connectivity index (χ2n) is 4.31. The molecule has 0 amide bonds. The fourth-order valence-corrected chi connectivity index (χ4v) is 3.18. The van der Waals surface area contributed by atoms with Gasteiger partial charge in [-0.15, -0.1) is 0 Å². The second-order valence-corrected chi connectivity index (χ2v) is 5.85. The summed E-state index contributed by atoms with van der Waals surface area (Å²) in [6.07, 6.45) is 2.74. The lowest BCUT2D eigenvalue weighted by Gasteiger charge is -2.12. The Bertz CT molecular complexity index is 447. The standard InChI is InChI=1S/C13H20N2O3S/c1-3-11(14-2)7-6-10-19(18)13-9-5-4-8-12(13)15(16)17/h4-5,8-9,11,14H,3,6-7,10H2,1-2H3. The lowest BCUT2D eigenvalue weighted by atomic mass is 10.1. The quantitative estimate of drug-likeness (QED) is 0.588. The van der Waals surface area contributed by atoms with E-state index in [4.69, 9.17) is 0 Å². The van der Waals surface area contributed by atoms with Gasteiger partial charge in [0.05, 0.1) is 15.7 Å². The molecular weight excluding hydrogens is 264 g/mol. The summed E-state index contributed by atoms with van der Waals surface area (Å²) >= 11 is 0. The number of hydrogen-bond donors (Lipinski definition) is 1. The summed E-state index contributed by atoms with van der Waals surface area (Å²) in [6, 6.07) is 6.66. The first-order valence-corrected chi connectivity index (χ1v) is 7.71. The Morgan fingerprint density at radius 2 is 2.11 bits per heavy atom. The van der Waals surface area contributed by atoms with Crippen molar-refractivity contribution in [3.05, 3.63) is 34.4 Å². The molecule has 0 aliphatic heterocycles. The van der Waals surface area contributed by atoms with Gasteiger partial charge in [-0.2, -0.15) is 0 Å². The topological polar surface area (TPSA) is 72.2 Å². The van der Waals surface area contributed by atoms with E-state index in [-0.39, 0.29) is 5.69 Å². The van der Waals surface area contributed by atoms with Gasteiger partial charge < -0.3 is 5.32 Å². The van der Waals surface area contributed by atoms with Crippen LogP contribution in [0.1, 0.15) is 26.2 Å². The molecule has 0 bridgehead atoms.